The SMILES string of the molecule is C=CCl.C=COC(=O)CC=CC(=O)O.C=COC(=O)CC=CC(=O)O. The van der Waals surface area contributed by atoms with E-state index in [1.54, 1.807) is 0 Å². The molecule has 0 aromatic rings. The molecule has 0 heterocycles. The van der Waals surface area contributed by atoms with Gasteiger partial charge in [-0.25, -0.2) is 9.59 Å². The summed E-state index contributed by atoms with van der Waals surface area (Å²) in [7, 11) is 0. The molecule has 8 nitrogen and oxygen atoms in total. The topological polar surface area (TPSA) is 127 Å². The zero-order valence-corrected chi connectivity index (χ0v) is 14.1. The van der Waals surface area contributed by atoms with Crippen molar-refractivity contribution in [3.8, 4) is 0 Å². The van der Waals surface area contributed by atoms with Gasteiger partial charge in [-0.1, -0.05) is 43.5 Å². The predicted octanol–water partition coefficient (Wildman–Crippen LogP) is 2.78. The Hall–Kier alpha value is -3.13. The number of halogens is 1. The van der Waals surface area contributed by atoms with Crippen molar-refractivity contribution >= 4 is 35.5 Å². The maximum absolute atomic E-state index is 10.5. The Morgan fingerprint density at radius 1 is 0.800 bits per heavy atom. The summed E-state index contributed by atoms with van der Waals surface area (Å²) in [5.74, 6) is -3.23. The standard InChI is InChI=1S/2C7H8O4.C2H3Cl/c2*1-2-11-7(10)5-3-4-6(8)9;1-2-3/h2*2-4H,1,5H2,(H,8,9);2H,1H2. The molecule has 0 saturated carbocycles. The van der Waals surface area contributed by atoms with Crippen LogP contribution in [0.3, 0.4) is 0 Å². The van der Waals surface area contributed by atoms with E-state index in [0.29, 0.717) is 0 Å². The second kappa shape index (κ2) is 20.9. The highest BCUT2D eigenvalue weighted by Gasteiger charge is 1.96. The van der Waals surface area contributed by atoms with Gasteiger partial charge in [-0.15, -0.1) is 0 Å². The first-order chi connectivity index (χ1) is 11.7. The van der Waals surface area contributed by atoms with Crippen LogP contribution >= 0.6 is 11.6 Å². The summed E-state index contributed by atoms with van der Waals surface area (Å²) in [6.07, 6.45) is 6.04. The number of esters is 2. The highest BCUT2D eigenvalue weighted by Crippen LogP contribution is 1.89. The summed E-state index contributed by atoms with van der Waals surface area (Å²) in [5.41, 5.74) is 1.22. The number of rotatable bonds is 8. The van der Waals surface area contributed by atoms with Gasteiger partial charge in [-0.05, 0) is 5.54 Å². The number of hydrogen-bond donors (Lipinski definition) is 2. The van der Waals surface area contributed by atoms with Crippen molar-refractivity contribution in [3.63, 3.8) is 0 Å². The average molecular weight is 375 g/mol. The van der Waals surface area contributed by atoms with E-state index < -0.39 is 23.9 Å². The predicted molar refractivity (Wildman–Crippen MR) is 91.4 cm³/mol. The van der Waals surface area contributed by atoms with E-state index >= 15 is 0 Å². The van der Waals surface area contributed by atoms with E-state index in [2.05, 4.69) is 29.2 Å². The minimum Gasteiger partial charge on any atom is -0.478 e. The Bertz CT molecular complexity index is 476. The molecule has 0 saturated heterocycles. The molecule has 0 aliphatic carbocycles. The molecule has 0 aromatic carbocycles. The fourth-order valence-electron chi connectivity index (χ4n) is 0.794. The molecule has 2 N–H and O–H groups in total. The van der Waals surface area contributed by atoms with Gasteiger partial charge in [-0.2, -0.15) is 0 Å². The molecule has 0 amide bonds. The number of aliphatic carboxylic acids is 2. The Kier molecular flexibility index (Phi) is 22.3. The molecular weight excluding hydrogens is 356 g/mol. The van der Waals surface area contributed by atoms with Crippen LogP contribution in [0.4, 0.5) is 0 Å². The summed E-state index contributed by atoms with van der Waals surface area (Å²) in [4.78, 5) is 40.7. The van der Waals surface area contributed by atoms with Crippen LogP contribution in [0.2, 0.25) is 0 Å². The first-order valence-corrected chi connectivity index (χ1v) is 6.79. The maximum atomic E-state index is 10.5. The molecule has 0 aliphatic rings. The number of carboxylic acids is 2. The van der Waals surface area contributed by atoms with E-state index in [1.165, 1.54) is 17.7 Å². The maximum Gasteiger partial charge on any atom is 0.327 e. The van der Waals surface area contributed by atoms with Crippen LogP contribution in [-0.2, 0) is 28.7 Å². The third-order valence-electron chi connectivity index (χ3n) is 1.52. The monoisotopic (exact) mass is 374 g/mol. The summed E-state index contributed by atoms with van der Waals surface area (Å²) < 4.78 is 8.61. The second-order valence-corrected chi connectivity index (χ2v) is 3.67. The average Bonchev–Trinajstić information content (AvgIpc) is 2.48. The van der Waals surface area contributed by atoms with Crippen LogP contribution < -0.4 is 0 Å². The van der Waals surface area contributed by atoms with Crippen molar-refractivity contribution in [2.75, 3.05) is 0 Å². The van der Waals surface area contributed by atoms with Gasteiger partial charge in [0.1, 0.15) is 0 Å². The van der Waals surface area contributed by atoms with Crippen molar-refractivity contribution < 1.29 is 38.9 Å². The molecule has 0 atom stereocenters. The van der Waals surface area contributed by atoms with Gasteiger partial charge < -0.3 is 19.7 Å². The Balaban J connectivity index is -0.000000334. The molecule has 25 heavy (non-hydrogen) atoms. The van der Waals surface area contributed by atoms with E-state index in [9.17, 15) is 19.2 Å². The number of hydrogen-bond acceptors (Lipinski definition) is 6. The molecule has 0 spiro atoms. The van der Waals surface area contributed by atoms with Gasteiger partial charge in [0, 0.05) is 12.2 Å². The Labute approximate surface area is 150 Å². The van der Waals surface area contributed by atoms with Gasteiger partial charge in [0.2, 0.25) is 0 Å². The lowest BCUT2D eigenvalue weighted by molar-refractivity contribution is -0.138. The van der Waals surface area contributed by atoms with E-state index in [1.807, 2.05) is 0 Å². The molecule has 138 valence electrons. The molecule has 0 fully saturated rings. The van der Waals surface area contributed by atoms with E-state index in [0.717, 1.165) is 24.7 Å². The van der Waals surface area contributed by atoms with Gasteiger partial charge in [0.05, 0.1) is 25.4 Å². The van der Waals surface area contributed by atoms with Crippen molar-refractivity contribution in [2.45, 2.75) is 12.8 Å². The van der Waals surface area contributed by atoms with Crippen LogP contribution in [0.5, 0.6) is 0 Å². The first kappa shape index (κ1) is 26.8. The summed E-state index contributed by atoms with van der Waals surface area (Å²) >= 11 is 4.76. The fraction of sp³-hybridized carbons (Fsp3) is 0.125. The normalized spacial score (nSPS) is 8.84. The van der Waals surface area contributed by atoms with Crippen molar-refractivity contribution in [1.82, 2.24) is 0 Å². The zero-order valence-electron chi connectivity index (χ0n) is 13.3. The van der Waals surface area contributed by atoms with Crippen LogP contribution in [0.1, 0.15) is 12.8 Å². The van der Waals surface area contributed by atoms with Crippen LogP contribution in [0.15, 0.2) is 62.1 Å². The summed E-state index contributed by atoms with van der Waals surface area (Å²) in [6.45, 7) is 9.45. The largest absolute Gasteiger partial charge is 0.478 e. The molecule has 0 rings (SSSR count). The van der Waals surface area contributed by atoms with E-state index in [4.69, 9.17) is 21.8 Å². The van der Waals surface area contributed by atoms with Crippen LogP contribution in [0, 0.1) is 0 Å². The quantitative estimate of drug-likeness (QED) is 0.377. The molecule has 0 bridgehead atoms. The van der Waals surface area contributed by atoms with E-state index in [-0.39, 0.29) is 12.8 Å². The van der Waals surface area contributed by atoms with Crippen LogP contribution in [-0.4, -0.2) is 34.1 Å². The molecular formula is C16H19ClO8. The third-order valence-corrected chi connectivity index (χ3v) is 1.52. The number of carboxylic acid groups (broad SMARTS) is 2. The lowest BCUT2D eigenvalue weighted by atomic mass is 10.4. The van der Waals surface area contributed by atoms with Gasteiger partial charge in [-0.3, -0.25) is 9.59 Å². The molecule has 0 aliphatic heterocycles. The molecule has 0 radical (unpaired) electrons. The summed E-state index contributed by atoms with van der Waals surface area (Å²) in [6, 6.07) is 0. The highest BCUT2D eigenvalue weighted by atomic mass is 35.5. The zero-order chi connectivity index (χ0) is 20.1. The Morgan fingerprint density at radius 2 is 1.08 bits per heavy atom. The van der Waals surface area contributed by atoms with Gasteiger partial charge >= 0.3 is 23.9 Å². The summed E-state index contributed by atoms with van der Waals surface area (Å²) in [5, 5.41) is 16.2. The molecule has 0 unspecified atom stereocenters. The number of carbonyl (C=O) groups is 4. The first-order valence-electron chi connectivity index (χ1n) is 6.35. The van der Waals surface area contributed by atoms with Gasteiger partial charge in [0.25, 0.3) is 0 Å². The highest BCUT2D eigenvalue weighted by molar-refractivity contribution is 6.25. The van der Waals surface area contributed by atoms with Crippen molar-refractivity contribution in [2.24, 2.45) is 0 Å². The third kappa shape index (κ3) is 33.6. The second-order valence-electron chi connectivity index (χ2n) is 3.36. The minimum absolute atomic E-state index is 0.0572. The van der Waals surface area contributed by atoms with Gasteiger partial charge in [0.15, 0.2) is 0 Å². The molecule has 0 aromatic heterocycles. The fourth-order valence-corrected chi connectivity index (χ4v) is 0.794. The minimum atomic E-state index is -1.09. The number of ether oxygens (including phenoxy) is 2. The smallest absolute Gasteiger partial charge is 0.327 e. The van der Waals surface area contributed by atoms with Crippen molar-refractivity contribution in [1.29, 1.82) is 0 Å². The Morgan fingerprint density at radius 3 is 1.28 bits per heavy atom. The van der Waals surface area contributed by atoms with Crippen molar-refractivity contribution in [3.05, 3.63) is 62.1 Å². The number of carbonyl (C=O) groups excluding carboxylic acids is 2. The lowest BCUT2D eigenvalue weighted by Crippen LogP contribution is -1.96. The lowest BCUT2D eigenvalue weighted by Gasteiger charge is -1.91. The van der Waals surface area contributed by atoms with Crippen LogP contribution in [0.25, 0.3) is 0 Å². The molecule has 9 heteroatoms.